The highest BCUT2D eigenvalue weighted by Crippen LogP contribution is 2.03. The summed E-state index contributed by atoms with van der Waals surface area (Å²) in [5, 5.41) is 8.37. The zero-order chi connectivity index (χ0) is 9.56. The van der Waals surface area contributed by atoms with Gasteiger partial charge in [0.05, 0.1) is 0 Å². The Labute approximate surface area is 68.1 Å². The Morgan fingerprint density at radius 3 is 2.50 bits per heavy atom. The van der Waals surface area contributed by atoms with E-state index in [-0.39, 0.29) is 13.0 Å². The van der Waals surface area contributed by atoms with E-state index < -0.39 is 18.2 Å². The third-order valence-corrected chi connectivity index (χ3v) is 1.22. The van der Waals surface area contributed by atoms with E-state index >= 15 is 0 Å². The fraction of sp³-hybridized carbons (Fsp3) is 0.667. The second-order valence-electron chi connectivity index (χ2n) is 2.15. The van der Waals surface area contributed by atoms with E-state index in [1.807, 2.05) is 0 Å². The first kappa shape index (κ1) is 11.0. The monoisotopic (exact) mass is 180 g/mol. The molecule has 0 saturated carbocycles. The molecule has 1 atom stereocenters. The van der Waals surface area contributed by atoms with Crippen LogP contribution in [0.5, 0.6) is 0 Å². The molecule has 1 unspecified atom stereocenters. The molecule has 0 aliphatic carbocycles. The van der Waals surface area contributed by atoms with Crippen LogP contribution in [0.3, 0.4) is 0 Å². The summed E-state index contributed by atoms with van der Waals surface area (Å²) in [5.74, 6) is -1.35. The number of carboxylic acid groups (broad SMARTS) is 1. The maximum Gasteiger partial charge on any atom is 0.361 e. The van der Waals surface area contributed by atoms with Crippen molar-refractivity contribution in [2.24, 2.45) is 10.7 Å². The van der Waals surface area contributed by atoms with Gasteiger partial charge in [0.25, 0.3) is 0 Å². The average Bonchev–Trinajstić information content (AvgIpc) is 1.96. The van der Waals surface area contributed by atoms with Crippen molar-refractivity contribution in [2.45, 2.75) is 18.9 Å². The quantitative estimate of drug-likeness (QED) is 0.604. The molecular formula is C6H10F2N2O2. The Morgan fingerprint density at radius 1 is 1.58 bits per heavy atom. The fourth-order valence-electron chi connectivity index (χ4n) is 0.672. The maximum atomic E-state index is 11.5. The van der Waals surface area contributed by atoms with Crippen molar-refractivity contribution in [3.63, 3.8) is 0 Å². The van der Waals surface area contributed by atoms with Crippen LogP contribution in [0.25, 0.3) is 0 Å². The van der Waals surface area contributed by atoms with Crippen LogP contribution in [-0.4, -0.2) is 29.9 Å². The summed E-state index contributed by atoms with van der Waals surface area (Å²) < 4.78 is 23.1. The highest BCUT2D eigenvalue weighted by molar-refractivity contribution is 5.77. The summed E-state index contributed by atoms with van der Waals surface area (Å²) >= 11 is 0. The van der Waals surface area contributed by atoms with Gasteiger partial charge in [-0.25, -0.2) is 9.79 Å². The predicted octanol–water partition coefficient (Wildman–Crippen LogP) is 0.474. The molecule has 0 radical (unpaired) electrons. The molecular weight excluding hydrogens is 170 g/mol. The number of aliphatic carboxylic acids is 1. The van der Waals surface area contributed by atoms with Crippen molar-refractivity contribution in [3.8, 4) is 0 Å². The van der Waals surface area contributed by atoms with Gasteiger partial charge in [-0.2, -0.15) is 8.78 Å². The third kappa shape index (κ3) is 4.73. The SMILES string of the molecule is NCCCC(N=C(F)F)C(=O)O. The molecule has 0 aromatic carbocycles. The Morgan fingerprint density at radius 2 is 2.17 bits per heavy atom. The molecule has 0 saturated heterocycles. The number of carbonyl (C=O) groups is 1. The molecule has 0 rings (SSSR count). The summed E-state index contributed by atoms with van der Waals surface area (Å²) in [6.45, 7) is 0.271. The van der Waals surface area contributed by atoms with Crippen molar-refractivity contribution >= 4 is 12.2 Å². The molecule has 0 aromatic rings. The van der Waals surface area contributed by atoms with Crippen LogP contribution in [0.1, 0.15) is 12.8 Å². The fourth-order valence-corrected chi connectivity index (χ4v) is 0.672. The molecule has 0 aliphatic rings. The lowest BCUT2D eigenvalue weighted by Crippen LogP contribution is -2.19. The summed E-state index contributed by atoms with van der Waals surface area (Å²) in [6, 6.07) is -1.36. The predicted molar refractivity (Wildman–Crippen MR) is 39.4 cm³/mol. The van der Waals surface area contributed by atoms with Crippen LogP contribution in [-0.2, 0) is 4.79 Å². The highest BCUT2D eigenvalue weighted by Gasteiger charge is 2.16. The molecule has 0 aliphatic heterocycles. The van der Waals surface area contributed by atoms with E-state index in [0.29, 0.717) is 6.42 Å². The van der Waals surface area contributed by atoms with Gasteiger partial charge in [0.1, 0.15) is 0 Å². The molecule has 4 nitrogen and oxygen atoms in total. The molecule has 0 fully saturated rings. The molecule has 12 heavy (non-hydrogen) atoms. The van der Waals surface area contributed by atoms with Crippen LogP contribution >= 0.6 is 0 Å². The van der Waals surface area contributed by atoms with Gasteiger partial charge in [-0.05, 0) is 19.4 Å². The van der Waals surface area contributed by atoms with E-state index in [4.69, 9.17) is 10.8 Å². The minimum absolute atomic E-state index is 0.0448. The number of nitrogens with two attached hydrogens (primary N) is 1. The molecule has 6 heteroatoms. The van der Waals surface area contributed by atoms with Gasteiger partial charge in [0, 0.05) is 0 Å². The Kier molecular flexibility index (Phi) is 5.11. The van der Waals surface area contributed by atoms with Gasteiger partial charge in [-0.15, -0.1) is 0 Å². The second kappa shape index (κ2) is 5.59. The van der Waals surface area contributed by atoms with Crippen LogP contribution in [0.15, 0.2) is 4.99 Å². The summed E-state index contributed by atoms with van der Waals surface area (Å²) in [4.78, 5) is 12.9. The van der Waals surface area contributed by atoms with Crippen LogP contribution < -0.4 is 5.73 Å². The summed E-state index contributed by atoms with van der Waals surface area (Å²) in [6.07, 6.45) is -1.80. The molecule has 0 aromatic heterocycles. The van der Waals surface area contributed by atoms with Gasteiger partial charge in [0.15, 0.2) is 6.04 Å². The maximum absolute atomic E-state index is 11.5. The zero-order valence-electron chi connectivity index (χ0n) is 6.33. The van der Waals surface area contributed by atoms with Gasteiger partial charge < -0.3 is 10.8 Å². The summed E-state index contributed by atoms with van der Waals surface area (Å²) in [7, 11) is 0. The molecule has 0 spiro atoms. The van der Waals surface area contributed by atoms with Crippen molar-refractivity contribution in [1.29, 1.82) is 0 Å². The number of hydrogen-bond acceptors (Lipinski definition) is 3. The summed E-state index contributed by atoms with van der Waals surface area (Å²) in [5.41, 5.74) is 5.08. The smallest absolute Gasteiger partial charge is 0.361 e. The van der Waals surface area contributed by atoms with Crippen molar-refractivity contribution < 1.29 is 18.7 Å². The van der Waals surface area contributed by atoms with Gasteiger partial charge >= 0.3 is 12.2 Å². The van der Waals surface area contributed by atoms with E-state index in [1.165, 1.54) is 0 Å². The second-order valence-corrected chi connectivity index (χ2v) is 2.15. The van der Waals surface area contributed by atoms with Crippen molar-refractivity contribution in [1.82, 2.24) is 0 Å². The Hall–Kier alpha value is -1.04. The molecule has 3 N–H and O–H groups in total. The van der Waals surface area contributed by atoms with Gasteiger partial charge in [0.2, 0.25) is 0 Å². The largest absolute Gasteiger partial charge is 0.480 e. The first-order chi connectivity index (χ1) is 5.57. The van der Waals surface area contributed by atoms with E-state index in [1.54, 1.807) is 0 Å². The number of nitrogens with zero attached hydrogens (tertiary/aromatic N) is 1. The van der Waals surface area contributed by atoms with Crippen molar-refractivity contribution in [2.75, 3.05) is 6.54 Å². The standard InChI is InChI=1S/C6H10F2N2O2/c7-6(8)10-4(5(11)12)2-1-3-9/h4H,1-3,9H2,(H,11,12). The Bertz CT molecular complexity index is 180. The van der Waals surface area contributed by atoms with Crippen LogP contribution in [0, 0.1) is 0 Å². The number of rotatable bonds is 5. The third-order valence-electron chi connectivity index (χ3n) is 1.22. The topological polar surface area (TPSA) is 75.7 Å². The first-order valence-electron chi connectivity index (χ1n) is 3.39. The lowest BCUT2D eigenvalue weighted by molar-refractivity contribution is -0.138. The normalized spacial score (nSPS) is 12.2. The zero-order valence-corrected chi connectivity index (χ0v) is 6.33. The minimum atomic E-state index is -2.21. The van der Waals surface area contributed by atoms with E-state index in [0.717, 1.165) is 0 Å². The van der Waals surface area contributed by atoms with Crippen LogP contribution in [0.4, 0.5) is 8.78 Å². The minimum Gasteiger partial charge on any atom is -0.480 e. The number of carboxylic acids is 1. The van der Waals surface area contributed by atoms with Gasteiger partial charge in [-0.3, -0.25) is 0 Å². The number of halogens is 2. The molecule has 0 bridgehead atoms. The molecule has 0 heterocycles. The molecule has 0 amide bonds. The lowest BCUT2D eigenvalue weighted by Gasteiger charge is -2.03. The average molecular weight is 180 g/mol. The number of aliphatic imine (C=N–C) groups is 1. The number of hydrogen-bond donors (Lipinski definition) is 2. The molecule has 70 valence electrons. The van der Waals surface area contributed by atoms with Gasteiger partial charge in [-0.1, -0.05) is 0 Å². The highest BCUT2D eigenvalue weighted by atomic mass is 19.3. The van der Waals surface area contributed by atoms with E-state index in [2.05, 4.69) is 4.99 Å². The Balaban J connectivity index is 4.05. The first-order valence-corrected chi connectivity index (χ1v) is 3.39. The van der Waals surface area contributed by atoms with Crippen molar-refractivity contribution in [3.05, 3.63) is 0 Å². The van der Waals surface area contributed by atoms with Crippen LogP contribution in [0.2, 0.25) is 0 Å². The van der Waals surface area contributed by atoms with E-state index in [9.17, 15) is 13.6 Å². The lowest BCUT2D eigenvalue weighted by atomic mass is 10.2.